The zero-order chi connectivity index (χ0) is 20.5. The lowest BCUT2D eigenvalue weighted by molar-refractivity contribution is -0.115. The topological polar surface area (TPSA) is 123 Å². The predicted molar refractivity (Wildman–Crippen MR) is 107 cm³/mol. The van der Waals surface area contributed by atoms with E-state index in [0.29, 0.717) is 22.7 Å². The SMILES string of the molecule is CC(=O)Nc1ccc(NC(=O)/C(C#N)=C\Nc2cccc(NC(C)=O)c2)cc1. The van der Waals surface area contributed by atoms with E-state index < -0.39 is 5.91 Å². The number of nitriles is 1. The summed E-state index contributed by atoms with van der Waals surface area (Å²) in [4.78, 5) is 34.4. The van der Waals surface area contributed by atoms with Crippen LogP contribution in [0.15, 0.2) is 60.3 Å². The zero-order valence-corrected chi connectivity index (χ0v) is 15.4. The van der Waals surface area contributed by atoms with E-state index in [2.05, 4.69) is 21.3 Å². The van der Waals surface area contributed by atoms with Gasteiger partial charge in [-0.05, 0) is 42.5 Å². The van der Waals surface area contributed by atoms with Crippen LogP contribution in [0.3, 0.4) is 0 Å². The number of hydrogen-bond acceptors (Lipinski definition) is 5. The lowest BCUT2D eigenvalue weighted by atomic mass is 10.2. The molecule has 2 rings (SSSR count). The molecule has 2 aromatic carbocycles. The molecule has 0 bridgehead atoms. The van der Waals surface area contributed by atoms with Crippen molar-refractivity contribution >= 4 is 40.5 Å². The van der Waals surface area contributed by atoms with Crippen molar-refractivity contribution in [3.8, 4) is 6.07 Å². The Morgan fingerprint density at radius 3 is 1.93 bits per heavy atom. The number of carbonyl (C=O) groups is 3. The molecule has 8 nitrogen and oxygen atoms in total. The van der Waals surface area contributed by atoms with Crippen molar-refractivity contribution in [2.45, 2.75) is 13.8 Å². The molecule has 3 amide bonds. The maximum Gasteiger partial charge on any atom is 0.267 e. The highest BCUT2D eigenvalue weighted by molar-refractivity contribution is 6.06. The van der Waals surface area contributed by atoms with Gasteiger partial charge in [-0.3, -0.25) is 14.4 Å². The molecule has 0 fully saturated rings. The van der Waals surface area contributed by atoms with Gasteiger partial charge in [-0.25, -0.2) is 0 Å². The maximum absolute atomic E-state index is 12.3. The number of nitrogens with zero attached hydrogens (tertiary/aromatic N) is 1. The van der Waals surface area contributed by atoms with E-state index in [1.165, 1.54) is 20.0 Å². The molecule has 2 aromatic rings. The first kappa shape index (κ1) is 20.2. The molecule has 8 heteroatoms. The van der Waals surface area contributed by atoms with Gasteiger partial charge in [-0.1, -0.05) is 6.07 Å². The summed E-state index contributed by atoms with van der Waals surface area (Å²) in [5.74, 6) is -0.977. The van der Waals surface area contributed by atoms with E-state index >= 15 is 0 Å². The smallest absolute Gasteiger partial charge is 0.267 e. The average Bonchev–Trinajstić information content (AvgIpc) is 2.63. The molecular formula is C20H19N5O3. The molecule has 28 heavy (non-hydrogen) atoms. The van der Waals surface area contributed by atoms with Gasteiger partial charge in [0.15, 0.2) is 0 Å². The van der Waals surface area contributed by atoms with E-state index in [4.69, 9.17) is 0 Å². The highest BCUT2D eigenvalue weighted by atomic mass is 16.2. The molecular weight excluding hydrogens is 358 g/mol. The number of benzene rings is 2. The summed E-state index contributed by atoms with van der Waals surface area (Å²) in [6.45, 7) is 2.80. The van der Waals surface area contributed by atoms with Gasteiger partial charge < -0.3 is 21.3 Å². The number of rotatable bonds is 6. The third-order valence-electron chi connectivity index (χ3n) is 3.39. The Balaban J connectivity index is 2.04. The van der Waals surface area contributed by atoms with Crippen molar-refractivity contribution in [3.63, 3.8) is 0 Å². The molecule has 0 saturated carbocycles. The minimum absolute atomic E-state index is 0.129. The molecule has 0 aliphatic rings. The third-order valence-corrected chi connectivity index (χ3v) is 3.39. The Morgan fingerprint density at radius 1 is 0.821 bits per heavy atom. The van der Waals surface area contributed by atoms with Crippen molar-refractivity contribution in [1.29, 1.82) is 5.26 Å². The van der Waals surface area contributed by atoms with Gasteiger partial charge in [-0.15, -0.1) is 0 Å². The van der Waals surface area contributed by atoms with Gasteiger partial charge in [0, 0.05) is 42.8 Å². The fourth-order valence-corrected chi connectivity index (χ4v) is 2.23. The maximum atomic E-state index is 12.3. The van der Waals surface area contributed by atoms with Crippen LogP contribution in [0.5, 0.6) is 0 Å². The van der Waals surface area contributed by atoms with Crippen LogP contribution in [0.1, 0.15) is 13.8 Å². The Bertz CT molecular complexity index is 959. The number of anilines is 4. The van der Waals surface area contributed by atoms with Crippen LogP contribution < -0.4 is 21.3 Å². The van der Waals surface area contributed by atoms with Crippen LogP contribution in [0, 0.1) is 11.3 Å². The number of carbonyl (C=O) groups excluding carboxylic acids is 3. The van der Waals surface area contributed by atoms with Crippen LogP contribution in [-0.4, -0.2) is 17.7 Å². The molecule has 0 aliphatic heterocycles. The molecule has 0 atom stereocenters. The predicted octanol–water partition coefficient (Wildman–Crippen LogP) is 3.06. The summed E-state index contributed by atoms with van der Waals surface area (Å²) < 4.78 is 0. The second kappa shape index (κ2) is 9.54. The van der Waals surface area contributed by atoms with Crippen molar-refractivity contribution in [2.75, 3.05) is 21.3 Å². The minimum Gasteiger partial charge on any atom is -0.360 e. The van der Waals surface area contributed by atoms with Crippen LogP contribution in [0.25, 0.3) is 0 Å². The second-order valence-electron chi connectivity index (χ2n) is 5.79. The van der Waals surface area contributed by atoms with Crippen molar-refractivity contribution < 1.29 is 14.4 Å². The zero-order valence-electron chi connectivity index (χ0n) is 15.4. The van der Waals surface area contributed by atoms with Crippen LogP contribution >= 0.6 is 0 Å². The first-order chi connectivity index (χ1) is 13.4. The Labute approximate surface area is 162 Å². The van der Waals surface area contributed by atoms with Crippen molar-refractivity contribution in [2.24, 2.45) is 0 Å². The molecule has 0 radical (unpaired) electrons. The Kier molecular flexibility index (Phi) is 6.88. The van der Waals surface area contributed by atoms with Crippen LogP contribution in [0.2, 0.25) is 0 Å². The summed E-state index contributed by atoms with van der Waals surface area (Å²) in [7, 11) is 0. The summed E-state index contributed by atoms with van der Waals surface area (Å²) in [6.07, 6.45) is 1.29. The minimum atomic E-state index is -0.583. The highest BCUT2D eigenvalue weighted by Gasteiger charge is 2.09. The number of hydrogen-bond donors (Lipinski definition) is 4. The van der Waals surface area contributed by atoms with Gasteiger partial charge >= 0.3 is 0 Å². The standard InChI is InChI=1S/C20H19N5O3/c1-13(26)23-16-6-8-17(9-7-16)25-20(28)15(11-21)12-22-18-4-3-5-19(10-18)24-14(2)27/h3-10,12,22H,1-2H3,(H,23,26)(H,24,27)(H,25,28)/b15-12-. The van der Waals surface area contributed by atoms with E-state index in [1.54, 1.807) is 48.5 Å². The van der Waals surface area contributed by atoms with Gasteiger partial charge in [0.2, 0.25) is 11.8 Å². The van der Waals surface area contributed by atoms with Crippen molar-refractivity contribution in [1.82, 2.24) is 0 Å². The Morgan fingerprint density at radius 2 is 1.36 bits per heavy atom. The number of amides is 3. The van der Waals surface area contributed by atoms with Crippen LogP contribution in [-0.2, 0) is 14.4 Å². The van der Waals surface area contributed by atoms with E-state index in [1.807, 2.05) is 6.07 Å². The molecule has 0 saturated heterocycles. The van der Waals surface area contributed by atoms with Crippen LogP contribution in [0.4, 0.5) is 22.7 Å². The molecule has 4 N–H and O–H groups in total. The number of nitrogens with one attached hydrogen (secondary N) is 4. The van der Waals surface area contributed by atoms with Gasteiger partial charge in [-0.2, -0.15) is 5.26 Å². The Hall–Kier alpha value is -4.12. The molecule has 0 spiro atoms. The fraction of sp³-hybridized carbons (Fsp3) is 0.100. The van der Waals surface area contributed by atoms with Gasteiger partial charge in [0.05, 0.1) is 0 Å². The first-order valence-electron chi connectivity index (χ1n) is 8.31. The van der Waals surface area contributed by atoms with Crippen molar-refractivity contribution in [3.05, 3.63) is 60.3 Å². The lowest BCUT2D eigenvalue weighted by Crippen LogP contribution is -2.14. The fourth-order valence-electron chi connectivity index (χ4n) is 2.23. The molecule has 0 unspecified atom stereocenters. The van der Waals surface area contributed by atoms with E-state index in [9.17, 15) is 19.6 Å². The summed E-state index contributed by atoms with van der Waals surface area (Å²) >= 11 is 0. The summed E-state index contributed by atoms with van der Waals surface area (Å²) in [5, 5.41) is 20.0. The summed E-state index contributed by atoms with van der Waals surface area (Å²) in [5.41, 5.74) is 2.14. The third kappa shape index (κ3) is 6.31. The van der Waals surface area contributed by atoms with E-state index in [-0.39, 0.29) is 17.4 Å². The lowest BCUT2D eigenvalue weighted by Gasteiger charge is -2.08. The largest absolute Gasteiger partial charge is 0.360 e. The highest BCUT2D eigenvalue weighted by Crippen LogP contribution is 2.16. The summed E-state index contributed by atoms with van der Waals surface area (Å²) in [6, 6.07) is 15.2. The quantitative estimate of drug-likeness (QED) is 0.455. The van der Waals surface area contributed by atoms with Gasteiger partial charge in [0.25, 0.3) is 5.91 Å². The second-order valence-corrected chi connectivity index (χ2v) is 5.79. The molecule has 0 aromatic heterocycles. The normalized spacial score (nSPS) is 10.4. The first-order valence-corrected chi connectivity index (χ1v) is 8.31. The molecule has 142 valence electrons. The molecule has 0 heterocycles. The average molecular weight is 377 g/mol. The monoisotopic (exact) mass is 377 g/mol. The molecule has 0 aliphatic carbocycles. The van der Waals surface area contributed by atoms with Gasteiger partial charge in [0.1, 0.15) is 11.6 Å². The van der Waals surface area contributed by atoms with E-state index in [0.717, 1.165) is 0 Å².